The van der Waals surface area contributed by atoms with Crippen LogP contribution in [0.3, 0.4) is 0 Å². The first kappa shape index (κ1) is 15.0. The molecule has 5 nitrogen and oxygen atoms in total. The highest BCUT2D eigenvalue weighted by Gasteiger charge is 2.26. The Bertz CT molecular complexity index is 440. The van der Waals surface area contributed by atoms with Crippen molar-refractivity contribution in [3.05, 3.63) is 16.4 Å². The minimum absolute atomic E-state index is 0.0160. The molecule has 1 amide bonds. The molecule has 0 unspecified atom stereocenters. The van der Waals surface area contributed by atoms with Crippen LogP contribution in [0.15, 0.2) is 0 Å². The first-order chi connectivity index (χ1) is 8.29. The van der Waals surface area contributed by atoms with Gasteiger partial charge >= 0.3 is 0 Å². The first-order valence-corrected chi connectivity index (χ1v) is 6.28. The molecule has 1 aromatic heterocycles. The van der Waals surface area contributed by atoms with Gasteiger partial charge in [0.15, 0.2) is 0 Å². The lowest BCUT2D eigenvalue weighted by atomic mass is 9.92. The number of rotatable bonds is 5. The topological polar surface area (TPSA) is 59.0 Å². The van der Waals surface area contributed by atoms with Gasteiger partial charge in [0, 0.05) is 27.2 Å². The van der Waals surface area contributed by atoms with Gasteiger partial charge in [-0.05, 0) is 20.8 Å². The Balaban J connectivity index is 2.59. The van der Waals surface area contributed by atoms with Crippen molar-refractivity contribution in [3.63, 3.8) is 0 Å². The molecule has 1 aromatic rings. The fourth-order valence-electron chi connectivity index (χ4n) is 1.78. The molecule has 0 aliphatic carbocycles. The summed E-state index contributed by atoms with van der Waals surface area (Å²) in [5, 5.41) is 10.8. The van der Waals surface area contributed by atoms with Gasteiger partial charge in [-0.15, -0.1) is 0 Å². The molecule has 0 aromatic carbocycles. The molecule has 0 saturated heterocycles. The number of nitrogens with one attached hydrogen (secondary N) is 2. The third-order valence-electron chi connectivity index (χ3n) is 2.96. The molecule has 102 valence electrons. The summed E-state index contributed by atoms with van der Waals surface area (Å²) < 4.78 is 1.76. The molecular formula is C12H21ClN4O. The Morgan fingerprint density at radius 3 is 2.56 bits per heavy atom. The molecule has 0 aliphatic heterocycles. The van der Waals surface area contributed by atoms with Crippen LogP contribution in [0.1, 0.15) is 25.2 Å². The van der Waals surface area contributed by atoms with E-state index in [0.29, 0.717) is 18.1 Å². The molecule has 0 radical (unpaired) electrons. The predicted molar refractivity (Wildman–Crippen MR) is 72.5 cm³/mol. The van der Waals surface area contributed by atoms with Crippen LogP contribution in [0.2, 0.25) is 5.02 Å². The van der Waals surface area contributed by atoms with Crippen molar-refractivity contribution < 1.29 is 4.79 Å². The Hall–Kier alpha value is -1.07. The molecule has 0 bridgehead atoms. The molecule has 0 fully saturated rings. The highest BCUT2D eigenvalue weighted by Crippen LogP contribution is 2.19. The van der Waals surface area contributed by atoms with Gasteiger partial charge in [-0.3, -0.25) is 9.48 Å². The molecule has 1 heterocycles. The molecule has 1 rings (SSSR count). The number of hydrogen-bond acceptors (Lipinski definition) is 3. The van der Waals surface area contributed by atoms with E-state index in [1.807, 2.05) is 27.8 Å². The largest absolute Gasteiger partial charge is 0.359 e. The van der Waals surface area contributed by atoms with Gasteiger partial charge in [0.1, 0.15) is 0 Å². The summed E-state index contributed by atoms with van der Waals surface area (Å²) in [5.41, 5.74) is 1.30. The van der Waals surface area contributed by atoms with Crippen LogP contribution in [0.25, 0.3) is 0 Å². The van der Waals surface area contributed by atoms with Gasteiger partial charge in [0.05, 0.1) is 21.8 Å². The van der Waals surface area contributed by atoms with E-state index in [2.05, 4.69) is 15.7 Å². The number of carbonyl (C=O) groups is 1. The quantitative estimate of drug-likeness (QED) is 0.848. The summed E-state index contributed by atoms with van der Waals surface area (Å²) in [6.45, 7) is 6.84. The van der Waals surface area contributed by atoms with Gasteiger partial charge in [0.2, 0.25) is 5.91 Å². The Morgan fingerprint density at radius 2 is 2.11 bits per heavy atom. The summed E-state index contributed by atoms with van der Waals surface area (Å²) in [4.78, 5) is 11.6. The van der Waals surface area contributed by atoms with Crippen molar-refractivity contribution in [2.24, 2.45) is 12.5 Å². The van der Waals surface area contributed by atoms with Gasteiger partial charge < -0.3 is 10.6 Å². The molecular weight excluding hydrogens is 252 g/mol. The van der Waals surface area contributed by atoms with Crippen LogP contribution in [-0.4, -0.2) is 29.3 Å². The molecule has 18 heavy (non-hydrogen) atoms. The Labute approximate surface area is 113 Å². The van der Waals surface area contributed by atoms with E-state index in [0.717, 1.165) is 11.4 Å². The lowest BCUT2D eigenvalue weighted by molar-refractivity contribution is -0.128. The second-order valence-electron chi connectivity index (χ2n) is 5.04. The zero-order valence-electron chi connectivity index (χ0n) is 11.6. The molecule has 0 atom stereocenters. The summed E-state index contributed by atoms with van der Waals surface area (Å²) in [6, 6.07) is 0. The van der Waals surface area contributed by atoms with E-state index in [1.165, 1.54) is 0 Å². The van der Waals surface area contributed by atoms with Crippen LogP contribution in [0.4, 0.5) is 0 Å². The smallest absolute Gasteiger partial charge is 0.226 e. The van der Waals surface area contributed by atoms with E-state index in [4.69, 9.17) is 11.6 Å². The summed E-state index contributed by atoms with van der Waals surface area (Å²) >= 11 is 6.15. The molecule has 2 N–H and O–H groups in total. The van der Waals surface area contributed by atoms with Crippen LogP contribution < -0.4 is 10.6 Å². The maximum atomic E-state index is 11.6. The summed E-state index contributed by atoms with van der Waals surface area (Å²) in [7, 11) is 3.51. The fraction of sp³-hybridized carbons (Fsp3) is 0.667. The van der Waals surface area contributed by atoms with E-state index < -0.39 is 5.41 Å². The SMILES string of the molecule is CNC(=O)C(C)(C)CNCc1c(Cl)c(C)nn1C. The van der Waals surface area contributed by atoms with Crippen molar-refractivity contribution in [1.29, 1.82) is 0 Å². The summed E-state index contributed by atoms with van der Waals surface area (Å²) in [5.74, 6) is 0.0160. The second kappa shape index (κ2) is 5.71. The lowest BCUT2D eigenvalue weighted by Crippen LogP contribution is -2.42. The molecule has 0 saturated carbocycles. The van der Waals surface area contributed by atoms with Gasteiger partial charge in [-0.1, -0.05) is 11.6 Å². The highest BCUT2D eigenvalue weighted by molar-refractivity contribution is 6.31. The second-order valence-corrected chi connectivity index (χ2v) is 5.41. The van der Waals surface area contributed by atoms with Gasteiger partial charge in [0.25, 0.3) is 0 Å². The van der Waals surface area contributed by atoms with Crippen molar-refractivity contribution in [2.45, 2.75) is 27.3 Å². The number of hydrogen-bond donors (Lipinski definition) is 2. The molecule has 0 aliphatic rings. The number of carbonyl (C=O) groups excluding carboxylic acids is 1. The number of nitrogens with zero attached hydrogens (tertiary/aromatic N) is 2. The van der Waals surface area contributed by atoms with E-state index >= 15 is 0 Å². The van der Waals surface area contributed by atoms with Crippen molar-refractivity contribution in [2.75, 3.05) is 13.6 Å². The fourth-order valence-corrected chi connectivity index (χ4v) is 2.01. The van der Waals surface area contributed by atoms with E-state index in [9.17, 15) is 4.79 Å². The Morgan fingerprint density at radius 1 is 1.50 bits per heavy atom. The molecule has 0 spiro atoms. The summed E-state index contributed by atoms with van der Waals surface area (Å²) in [6.07, 6.45) is 0. The zero-order valence-corrected chi connectivity index (χ0v) is 12.4. The van der Waals surface area contributed by atoms with Crippen LogP contribution >= 0.6 is 11.6 Å². The maximum absolute atomic E-state index is 11.6. The van der Waals surface area contributed by atoms with Crippen LogP contribution in [0.5, 0.6) is 0 Å². The predicted octanol–water partition coefficient (Wildman–Crippen LogP) is 1.24. The van der Waals surface area contributed by atoms with Gasteiger partial charge in [-0.2, -0.15) is 5.10 Å². The Kier molecular flexibility index (Phi) is 4.76. The van der Waals surface area contributed by atoms with Crippen molar-refractivity contribution in [3.8, 4) is 0 Å². The normalized spacial score (nSPS) is 11.7. The van der Waals surface area contributed by atoms with E-state index in [-0.39, 0.29) is 5.91 Å². The number of halogens is 1. The van der Waals surface area contributed by atoms with Crippen LogP contribution in [-0.2, 0) is 18.4 Å². The maximum Gasteiger partial charge on any atom is 0.226 e. The lowest BCUT2D eigenvalue weighted by Gasteiger charge is -2.22. The monoisotopic (exact) mass is 272 g/mol. The standard InChI is InChI=1S/C12H21ClN4O/c1-8-10(13)9(17(5)16-8)6-15-7-12(2,3)11(18)14-4/h15H,6-7H2,1-5H3,(H,14,18). The minimum atomic E-state index is -0.450. The zero-order chi connectivity index (χ0) is 13.9. The third-order valence-corrected chi connectivity index (χ3v) is 3.45. The average molecular weight is 273 g/mol. The van der Waals surface area contributed by atoms with Crippen LogP contribution in [0, 0.1) is 12.3 Å². The average Bonchev–Trinajstić information content (AvgIpc) is 2.54. The minimum Gasteiger partial charge on any atom is -0.359 e. The first-order valence-electron chi connectivity index (χ1n) is 5.90. The highest BCUT2D eigenvalue weighted by atomic mass is 35.5. The number of amides is 1. The van der Waals surface area contributed by atoms with Crippen molar-refractivity contribution >= 4 is 17.5 Å². The van der Waals surface area contributed by atoms with Gasteiger partial charge in [-0.25, -0.2) is 0 Å². The number of aromatic nitrogens is 2. The van der Waals surface area contributed by atoms with Crippen molar-refractivity contribution in [1.82, 2.24) is 20.4 Å². The molecule has 6 heteroatoms. The van der Waals surface area contributed by atoms with E-state index in [1.54, 1.807) is 11.7 Å². The number of aryl methyl sites for hydroxylation is 2. The third kappa shape index (κ3) is 3.23.